The van der Waals surface area contributed by atoms with E-state index in [4.69, 9.17) is 0 Å². The molecule has 1 aromatic heterocycles. The second-order valence-electron chi connectivity index (χ2n) is 5.44. The molecule has 2 aromatic rings. The molecule has 4 nitrogen and oxygen atoms in total. The number of hydrogen-bond donors (Lipinski definition) is 1. The minimum atomic E-state index is 0.478. The largest absolute Gasteiger partial charge is 0.370 e. The highest BCUT2D eigenvalue weighted by molar-refractivity contribution is 5.60. The quantitative estimate of drug-likeness (QED) is 0.779. The minimum absolute atomic E-state index is 0.478. The molecule has 4 heteroatoms. The summed E-state index contributed by atoms with van der Waals surface area (Å²) in [6.45, 7) is 12.3. The van der Waals surface area contributed by atoms with Crippen molar-refractivity contribution in [3.8, 4) is 11.3 Å². The Morgan fingerprint density at radius 2 is 1.91 bits per heavy atom. The van der Waals surface area contributed by atoms with Crippen LogP contribution >= 0.6 is 0 Å². The van der Waals surface area contributed by atoms with Crippen LogP contribution in [0.15, 0.2) is 64.8 Å². The molecule has 1 aromatic carbocycles. The van der Waals surface area contributed by atoms with Gasteiger partial charge >= 0.3 is 0 Å². The smallest absolute Gasteiger partial charge is 0.151 e. The molecule has 0 radical (unpaired) electrons. The first-order chi connectivity index (χ1) is 11.2. The van der Waals surface area contributed by atoms with Gasteiger partial charge in [-0.15, -0.1) is 0 Å². The maximum Gasteiger partial charge on any atom is 0.151 e. The third kappa shape index (κ3) is 4.42. The molecule has 0 saturated carbocycles. The first kappa shape index (κ1) is 16.7. The molecule has 0 amide bonds. The van der Waals surface area contributed by atoms with E-state index < -0.39 is 0 Å². The standard InChI is InChI=1S/C19H24N4/c1-5-7-16(3)21-14-22-19-9-6-8-18(23(19)20-4)17-12-10-15(2)11-13-17/h6,8-13,21H,3-5,7,14H2,1-2H3/b22-19-. The van der Waals surface area contributed by atoms with Gasteiger partial charge in [-0.2, -0.15) is 5.10 Å². The van der Waals surface area contributed by atoms with E-state index >= 15 is 0 Å². The Labute approximate surface area is 137 Å². The maximum absolute atomic E-state index is 4.56. The van der Waals surface area contributed by atoms with E-state index in [9.17, 15) is 0 Å². The van der Waals surface area contributed by atoms with E-state index in [-0.39, 0.29) is 0 Å². The van der Waals surface area contributed by atoms with Crippen LogP contribution in [-0.2, 0) is 0 Å². The molecule has 0 unspecified atom stereocenters. The first-order valence-electron chi connectivity index (χ1n) is 7.84. The second-order valence-corrected chi connectivity index (χ2v) is 5.44. The summed E-state index contributed by atoms with van der Waals surface area (Å²) in [6.07, 6.45) is 2.03. The van der Waals surface area contributed by atoms with E-state index in [0.717, 1.165) is 35.3 Å². The van der Waals surface area contributed by atoms with Crippen LogP contribution in [0.5, 0.6) is 0 Å². The molecule has 2 rings (SSSR count). The summed E-state index contributed by atoms with van der Waals surface area (Å²) in [7, 11) is 0. The highest BCUT2D eigenvalue weighted by atomic mass is 15.4. The van der Waals surface area contributed by atoms with Crippen LogP contribution < -0.4 is 10.8 Å². The molecule has 0 aliphatic carbocycles. The minimum Gasteiger partial charge on any atom is -0.370 e. The third-order valence-electron chi connectivity index (χ3n) is 3.56. The van der Waals surface area contributed by atoms with Crippen LogP contribution in [0.25, 0.3) is 11.3 Å². The van der Waals surface area contributed by atoms with Crippen LogP contribution in [0, 0.1) is 6.92 Å². The van der Waals surface area contributed by atoms with Gasteiger partial charge in [0.25, 0.3) is 0 Å². The predicted molar refractivity (Wildman–Crippen MR) is 97.2 cm³/mol. The molecule has 0 atom stereocenters. The molecular formula is C19H24N4. The molecule has 23 heavy (non-hydrogen) atoms. The SMILES string of the molecule is C=Nn1c(-c2ccc(C)cc2)ccc/c1=N/CNC(=C)CCC. The van der Waals surface area contributed by atoms with Crippen molar-refractivity contribution in [2.45, 2.75) is 26.7 Å². The summed E-state index contributed by atoms with van der Waals surface area (Å²) >= 11 is 0. The molecule has 0 aliphatic rings. The van der Waals surface area contributed by atoms with Crippen molar-refractivity contribution < 1.29 is 0 Å². The Bertz CT molecular complexity index is 739. The van der Waals surface area contributed by atoms with Gasteiger partial charge in [0.1, 0.15) is 6.67 Å². The van der Waals surface area contributed by atoms with Crippen molar-refractivity contribution in [1.29, 1.82) is 0 Å². The molecule has 0 spiro atoms. The zero-order valence-electron chi connectivity index (χ0n) is 13.9. The summed E-state index contributed by atoms with van der Waals surface area (Å²) in [6, 6.07) is 14.3. The first-order valence-corrected chi connectivity index (χ1v) is 7.84. The number of pyridine rings is 1. The summed E-state index contributed by atoms with van der Waals surface area (Å²) < 4.78 is 1.76. The number of nitrogens with zero attached hydrogens (tertiary/aromatic N) is 3. The lowest BCUT2D eigenvalue weighted by atomic mass is 10.1. The molecule has 120 valence electrons. The van der Waals surface area contributed by atoms with Gasteiger partial charge in [-0.1, -0.05) is 55.8 Å². The molecule has 1 heterocycles. The zero-order chi connectivity index (χ0) is 16.7. The van der Waals surface area contributed by atoms with E-state index in [1.165, 1.54) is 5.56 Å². The van der Waals surface area contributed by atoms with Gasteiger partial charge in [0.15, 0.2) is 5.49 Å². The lowest BCUT2D eigenvalue weighted by Crippen LogP contribution is -2.22. The maximum atomic E-state index is 4.56. The van der Waals surface area contributed by atoms with Crippen LogP contribution in [-0.4, -0.2) is 18.1 Å². The number of rotatable bonds is 7. The van der Waals surface area contributed by atoms with Crippen molar-refractivity contribution in [2.75, 3.05) is 6.67 Å². The van der Waals surface area contributed by atoms with Gasteiger partial charge in [-0.05, 0) is 25.5 Å². The van der Waals surface area contributed by atoms with Gasteiger partial charge in [-0.25, -0.2) is 9.67 Å². The molecule has 0 aliphatic heterocycles. The lowest BCUT2D eigenvalue weighted by molar-refractivity contribution is 0.717. The van der Waals surface area contributed by atoms with Crippen molar-refractivity contribution in [3.63, 3.8) is 0 Å². The number of aryl methyl sites for hydroxylation is 1. The van der Waals surface area contributed by atoms with Gasteiger partial charge < -0.3 is 5.32 Å². The van der Waals surface area contributed by atoms with Crippen LogP contribution in [0.3, 0.4) is 0 Å². The number of hydrogen-bond acceptors (Lipinski definition) is 3. The van der Waals surface area contributed by atoms with E-state index in [1.807, 2.05) is 18.2 Å². The fraction of sp³-hybridized carbons (Fsp3) is 0.263. The van der Waals surface area contributed by atoms with Gasteiger partial charge in [0.2, 0.25) is 0 Å². The highest BCUT2D eigenvalue weighted by Crippen LogP contribution is 2.18. The Morgan fingerprint density at radius 3 is 2.57 bits per heavy atom. The average molecular weight is 308 g/mol. The van der Waals surface area contributed by atoms with Crippen LogP contribution in [0.1, 0.15) is 25.3 Å². The Morgan fingerprint density at radius 1 is 1.17 bits per heavy atom. The summed E-state index contributed by atoms with van der Waals surface area (Å²) in [5, 5.41) is 7.34. The highest BCUT2D eigenvalue weighted by Gasteiger charge is 2.03. The zero-order valence-corrected chi connectivity index (χ0v) is 13.9. The Hall–Kier alpha value is -2.62. The number of nitrogens with one attached hydrogen (secondary N) is 1. The topological polar surface area (TPSA) is 41.7 Å². The van der Waals surface area contributed by atoms with Gasteiger partial charge in [0, 0.05) is 18.0 Å². The van der Waals surface area contributed by atoms with E-state index in [0.29, 0.717) is 6.67 Å². The van der Waals surface area contributed by atoms with Crippen molar-refractivity contribution in [1.82, 2.24) is 9.99 Å². The van der Waals surface area contributed by atoms with Crippen molar-refractivity contribution in [3.05, 3.63) is 65.8 Å². The fourth-order valence-electron chi connectivity index (χ4n) is 2.32. The number of aromatic nitrogens is 1. The molecule has 0 bridgehead atoms. The summed E-state index contributed by atoms with van der Waals surface area (Å²) in [4.78, 5) is 4.56. The fourth-order valence-corrected chi connectivity index (χ4v) is 2.32. The average Bonchev–Trinajstić information content (AvgIpc) is 2.55. The van der Waals surface area contributed by atoms with Crippen molar-refractivity contribution in [2.24, 2.45) is 10.1 Å². The normalized spacial score (nSPS) is 11.3. The molecule has 1 N–H and O–H groups in total. The predicted octanol–water partition coefficient (Wildman–Crippen LogP) is 3.69. The van der Waals surface area contributed by atoms with E-state index in [1.54, 1.807) is 4.68 Å². The molecular weight excluding hydrogens is 284 g/mol. The monoisotopic (exact) mass is 308 g/mol. The Balaban J connectivity index is 2.31. The third-order valence-corrected chi connectivity index (χ3v) is 3.56. The number of allylic oxidation sites excluding steroid dienone is 1. The van der Waals surface area contributed by atoms with Crippen LogP contribution in [0.4, 0.5) is 0 Å². The Kier molecular flexibility index (Phi) is 5.92. The van der Waals surface area contributed by atoms with Gasteiger partial charge in [0.05, 0.1) is 5.69 Å². The number of benzene rings is 1. The van der Waals surface area contributed by atoms with E-state index in [2.05, 4.69) is 66.8 Å². The molecule has 0 fully saturated rings. The molecule has 0 saturated heterocycles. The summed E-state index contributed by atoms with van der Waals surface area (Å²) in [5.41, 5.74) is 5.04. The van der Waals surface area contributed by atoms with Gasteiger partial charge in [-0.3, -0.25) is 0 Å². The second kappa shape index (κ2) is 8.13. The summed E-state index contributed by atoms with van der Waals surface area (Å²) in [5.74, 6) is 0. The van der Waals surface area contributed by atoms with Crippen LogP contribution in [0.2, 0.25) is 0 Å². The van der Waals surface area contributed by atoms with Crippen molar-refractivity contribution >= 4 is 6.72 Å². The lowest BCUT2D eigenvalue weighted by Gasteiger charge is -2.10.